The molecule has 0 aliphatic rings. The Morgan fingerprint density at radius 1 is 1.20 bits per heavy atom. The molecule has 5 nitrogen and oxygen atoms in total. The molecule has 0 bridgehead atoms. The van der Waals surface area contributed by atoms with Crippen molar-refractivity contribution in [3.8, 4) is 5.75 Å². The second kappa shape index (κ2) is 7.40. The van der Waals surface area contributed by atoms with Crippen molar-refractivity contribution < 1.29 is 14.6 Å². The van der Waals surface area contributed by atoms with Crippen molar-refractivity contribution in [2.24, 2.45) is 7.05 Å². The Hall–Kier alpha value is -2.79. The second-order valence-corrected chi connectivity index (χ2v) is 6.09. The highest BCUT2D eigenvalue weighted by Crippen LogP contribution is 2.25. The Balaban J connectivity index is 1.57. The Labute approximate surface area is 146 Å². The van der Waals surface area contributed by atoms with E-state index in [1.807, 2.05) is 73.3 Å². The van der Waals surface area contributed by atoms with Gasteiger partial charge in [-0.1, -0.05) is 36.4 Å². The van der Waals surface area contributed by atoms with Gasteiger partial charge in [0.25, 0.3) is 5.91 Å². The Bertz CT molecular complexity index is 886. The lowest BCUT2D eigenvalue weighted by Gasteiger charge is -2.12. The fourth-order valence-electron chi connectivity index (χ4n) is 2.87. The number of nitrogens with zero attached hydrogens (tertiary/aromatic N) is 1. The molecule has 1 heterocycles. The Morgan fingerprint density at radius 2 is 1.92 bits per heavy atom. The van der Waals surface area contributed by atoms with Crippen LogP contribution in [-0.4, -0.2) is 28.7 Å². The lowest BCUT2D eigenvalue weighted by atomic mass is 10.1. The van der Waals surface area contributed by atoms with E-state index in [0.29, 0.717) is 5.75 Å². The molecule has 1 amide bonds. The molecule has 3 aromatic rings. The number of benzene rings is 2. The van der Waals surface area contributed by atoms with Crippen LogP contribution in [0.15, 0.2) is 54.7 Å². The number of aliphatic hydroxyl groups is 1. The van der Waals surface area contributed by atoms with E-state index in [1.165, 1.54) is 0 Å². The number of hydrogen-bond acceptors (Lipinski definition) is 3. The van der Waals surface area contributed by atoms with Crippen molar-refractivity contribution in [2.75, 3.05) is 13.2 Å². The van der Waals surface area contributed by atoms with Gasteiger partial charge < -0.3 is 19.7 Å². The number of carbonyl (C=O) groups excluding carboxylic acids is 1. The zero-order chi connectivity index (χ0) is 17.8. The average molecular weight is 338 g/mol. The molecule has 0 saturated heterocycles. The summed E-state index contributed by atoms with van der Waals surface area (Å²) in [5.74, 6) is 0.426. The Morgan fingerprint density at radius 3 is 2.72 bits per heavy atom. The molecule has 2 N–H and O–H groups in total. The fraction of sp³-hybridized carbons (Fsp3) is 0.250. The van der Waals surface area contributed by atoms with E-state index < -0.39 is 6.10 Å². The topological polar surface area (TPSA) is 63.5 Å². The molecule has 0 unspecified atom stereocenters. The second-order valence-electron chi connectivity index (χ2n) is 6.09. The summed E-state index contributed by atoms with van der Waals surface area (Å²) in [7, 11) is 1.94. The third-order valence-electron chi connectivity index (χ3n) is 4.23. The maximum absolute atomic E-state index is 12.0. The number of ether oxygens (including phenoxy) is 1. The number of amides is 1. The number of fused-ring (bicyclic) bond motifs is 1. The summed E-state index contributed by atoms with van der Waals surface area (Å²) in [6.07, 6.45) is 1.12. The first-order chi connectivity index (χ1) is 12.1. The summed E-state index contributed by atoms with van der Waals surface area (Å²) in [5, 5.41) is 14.2. The maximum Gasteiger partial charge on any atom is 0.258 e. The van der Waals surface area contributed by atoms with Gasteiger partial charge in [-0.3, -0.25) is 4.79 Å². The van der Waals surface area contributed by atoms with Gasteiger partial charge in [-0.2, -0.15) is 0 Å². The SMILES string of the molecule is Cc1ccccc1OCC(=O)NC[C@H](O)c1cn(C)c2ccccc12. The molecule has 1 atom stereocenters. The van der Waals surface area contributed by atoms with Crippen LogP contribution in [0.4, 0.5) is 0 Å². The molecular formula is C20H22N2O3. The van der Waals surface area contributed by atoms with Gasteiger partial charge in [0.1, 0.15) is 5.75 Å². The van der Waals surface area contributed by atoms with Gasteiger partial charge in [0.15, 0.2) is 6.61 Å². The quantitative estimate of drug-likeness (QED) is 0.726. The summed E-state index contributed by atoms with van der Waals surface area (Å²) in [6.45, 7) is 1.99. The van der Waals surface area contributed by atoms with E-state index in [0.717, 1.165) is 22.0 Å². The summed E-state index contributed by atoms with van der Waals surface area (Å²) in [5.41, 5.74) is 2.83. The number of hydrogen-bond donors (Lipinski definition) is 2. The van der Waals surface area contributed by atoms with E-state index in [1.54, 1.807) is 0 Å². The maximum atomic E-state index is 12.0. The molecule has 25 heavy (non-hydrogen) atoms. The van der Waals surface area contributed by atoms with Crippen molar-refractivity contribution in [3.05, 3.63) is 65.9 Å². The highest BCUT2D eigenvalue weighted by atomic mass is 16.5. The van der Waals surface area contributed by atoms with E-state index in [4.69, 9.17) is 4.74 Å². The van der Waals surface area contributed by atoms with Gasteiger partial charge in [0.2, 0.25) is 0 Å². The standard InChI is InChI=1S/C20H22N2O3/c1-14-7-3-6-10-19(14)25-13-20(24)21-11-18(23)16-12-22(2)17-9-5-4-8-15(16)17/h3-10,12,18,23H,11,13H2,1-2H3,(H,21,24)/t18-/m0/s1. The van der Waals surface area contributed by atoms with E-state index in [-0.39, 0.29) is 19.1 Å². The third kappa shape index (κ3) is 3.83. The number of rotatable bonds is 6. The minimum atomic E-state index is -0.770. The van der Waals surface area contributed by atoms with Crippen LogP contribution >= 0.6 is 0 Å². The first-order valence-corrected chi connectivity index (χ1v) is 8.23. The number of carbonyl (C=O) groups is 1. The molecule has 5 heteroatoms. The number of para-hydroxylation sites is 2. The molecule has 3 rings (SSSR count). The fourth-order valence-corrected chi connectivity index (χ4v) is 2.87. The van der Waals surface area contributed by atoms with Crippen molar-refractivity contribution in [1.82, 2.24) is 9.88 Å². The summed E-state index contributed by atoms with van der Waals surface area (Å²) in [6, 6.07) is 15.4. The van der Waals surface area contributed by atoms with Crippen LogP contribution in [0.2, 0.25) is 0 Å². The largest absolute Gasteiger partial charge is 0.484 e. The molecule has 0 aliphatic carbocycles. The van der Waals surface area contributed by atoms with Crippen molar-refractivity contribution in [1.29, 1.82) is 0 Å². The van der Waals surface area contributed by atoms with Crippen LogP contribution in [0.5, 0.6) is 5.75 Å². The predicted molar refractivity (Wildman–Crippen MR) is 97.6 cm³/mol. The highest BCUT2D eigenvalue weighted by molar-refractivity contribution is 5.84. The zero-order valence-electron chi connectivity index (χ0n) is 14.4. The summed E-state index contributed by atoms with van der Waals surface area (Å²) < 4.78 is 7.48. The van der Waals surface area contributed by atoms with Crippen molar-refractivity contribution >= 4 is 16.8 Å². The lowest BCUT2D eigenvalue weighted by molar-refractivity contribution is -0.123. The van der Waals surface area contributed by atoms with Crippen LogP contribution in [-0.2, 0) is 11.8 Å². The van der Waals surface area contributed by atoms with Crippen molar-refractivity contribution in [2.45, 2.75) is 13.0 Å². The molecular weight excluding hydrogens is 316 g/mol. The van der Waals surface area contributed by atoms with Crippen LogP contribution in [0.3, 0.4) is 0 Å². The first kappa shape index (κ1) is 17.0. The summed E-state index contributed by atoms with van der Waals surface area (Å²) in [4.78, 5) is 12.0. The van der Waals surface area contributed by atoms with Crippen LogP contribution in [0, 0.1) is 6.92 Å². The van der Waals surface area contributed by atoms with E-state index in [2.05, 4.69) is 5.32 Å². The normalized spacial score (nSPS) is 12.1. The average Bonchev–Trinajstić information content (AvgIpc) is 2.96. The number of nitrogens with one attached hydrogen (secondary N) is 1. The molecule has 0 radical (unpaired) electrons. The van der Waals surface area contributed by atoms with Gasteiger partial charge in [0, 0.05) is 36.3 Å². The smallest absolute Gasteiger partial charge is 0.258 e. The number of aliphatic hydroxyl groups excluding tert-OH is 1. The van der Waals surface area contributed by atoms with Gasteiger partial charge >= 0.3 is 0 Å². The van der Waals surface area contributed by atoms with Crippen molar-refractivity contribution in [3.63, 3.8) is 0 Å². The zero-order valence-corrected chi connectivity index (χ0v) is 14.4. The van der Waals surface area contributed by atoms with Gasteiger partial charge in [-0.15, -0.1) is 0 Å². The molecule has 2 aromatic carbocycles. The molecule has 1 aromatic heterocycles. The minimum absolute atomic E-state index is 0.0763. The van der Waals surface area contributed by atoms with Gasteiger partial charge in [0.05, 0.1) is 6.10 Å². The van der Waals surface area contributed by atoms with Gasteiger partial charge in [-0.25, -0.2) is 0 Å². The predicted octanol–water partition coefficient (Wildman–Crippen LogP) is 2.72. The lowest BCUT2D eigenvalue weighted by Crippen LogP contribution is -2.32. The molecule has 0 fully saturated rings. The molecule has 0 spiro atoms. The van der Waals surface area contributed by atoms with Gasteiger partial charge in [-0.05, 0) is 24.6 Å². The van der Waals surface area contributed by atoms with E-state index in [9.17, 15) is 9.90 Å². The number of aryl methyl sites for hydroxylation is 2. The Kier molecular flexibility index (Phi) is 5.05. The highest BCUT2D eigenvalue weighted by Gasteiger charge is 2.15. The van der Waals surface area contributed by atoms with Crippen LogP contribution in [0.25, 0.3) is 10.9 Å². The third-order valence-corrected chi connectivity index (χ3v) is 4.23. The van der Waals surface area contributed by atoms with E-state index >= 15 is 0 Å². The van der Waals surface area contributed by atoms with Crippen LogP contribution < -0.4 is 10.1 Å². The minimum Gasteiger partial charge on any atom is -0.484 e. The summed E-state index contributed by atoms with van der Waals surface area (Å²) >= 11 is 0. The molecule has 0 saturated carbocycles. The van der Waals surface area contributed by atoms with Crippen LogP contribution in [0.1, 0.15) is 17.2 Å². The monoisotopic (exact) mass is 338 g/mol. The molecule has 0 aliphatic heterocycles. The number of aromatic nitrogens is 1. The first-order valence-electron chi connectivity index (χ1n) is 8.23. The molecule has 130 valence electrons.